The molecule has 0 atom stereocenters. The van der Waals surface area contributed by atoms with Gasteiger partial charge in [0.05, 0.1) is 43.1 Å². The summed E-state index contributed by atoms with van der Waals surface area (Å²) in [5, 5.41) is 5.08. The minimum atomic E-state index is -0.343. The standard InChI is InChI=1S/C28H35N5O4S/c1-28(2,3)31(4)27(35)26-30-24(22-7-6-14-38-22)25-19-16-20(21(36-5)15-18(19)8-9-33(25)26)29-23(34)17-32-10-12-37-13-11-32/h6-7,14-16H,8-13,17H2,1-5H3,(H,29,34). The third kappa shape index (κ3) is 5.08. The van der Waals surface area contributed by atoms with E-state index in [-0.39, 0.29) is 17.4 Å². The van der Waals surface area contributed by atoms with Crippen molar-refractivity contribution in [3.05, 3.63) is 41.0 Å². The number of hydrogen-bond acceptors (Lipinski definition) is 7. The molecule has 0 radical (unpaired) electrons. The highest BCUT2D eigenvalue weighted by atomic mass is 32.1. The maximum Gasteiger partial charge on any atom is 0.290 e. The number of hydrogen-bond donors (Lipinski definition) is 1. The number of amides is 2. The zero-order chi connectivity index (χ0) is 27.0. The van der Waals surface area contributed by atoms with E-state index in [1.54, 1.807) is 23.3 Å². The minimum Gasteiger partial charge on any atom is -0.495 e. The normalized spacial score (nSPS) is 15.5. The molecule has 0 saturated carbocycles. The van der Waals surface area contributed by atoms with Gasteiger partial charge in [0.2, 0.25) is 5.91 Å². The maximum absolute atomic E-state index is 13.6. The van der Waals surface area contributed by atoms with E-state index in [0.29, 0.717) is 43.6 Å². The van der Waals surface area contributed by atoms with Gasteiger partial charge >= 0.3 is 0 Å². The molecule has 1 N–H and O–H groups in total. The van der Waals surface area contributed by atoms with Gasteiger partial charge in [-0.3, -0.25) is 14.5 Å². The second-order valence-corrected chi connectivity index (χ2v) is 11.6. The maximum atomic E-state index is 13.6. The summed E-state index contributed by atoms with van der Waals surface area (Å²) in [5.41, 5.74) is 3.99. The largest absolute Gasteiger partial charge is 0.495 e. The van der Waals surface area contributed by atoms with Gasteiger partial charge in [0, 0.05) is 37.8 Å². The van der Waals surface area contributed by atoms with Crippen molar-refractivity contribution in [3.63, 3.8) is 0 Å². The first kappa shape index (κ1) is 26.4. The number of carbonyl (C=O) groups is 2. The lowest BCUT2D eigenvalue weighted by Crippen LogP contribution is -2.43. The number of carbonyl (C=O) groups excluding carboxylic acids is 2. The minimum absolute atomic E-state index is 0.101. The average molecular weight is 538 g/mol. The van der Waals surface area contributed by atoms with E-state index in [1.807, 2.05) is 62.0 Å². The van der Waals surface area contributed by atoms with Crippen molar-refractivity contribution in [2.45, 2.75) is 39.3 Å². The van der Waals surface area contributed by atoms with Crippen molar-refractivity contribution in [2.24, 2.45) is 0 Å². The van der Waals surface area contributed by atoms with E-state index in [1.165, 1.54) is 0 Å². The Labute approximate surface area is 227 Å². The monoisotopic (exact) mass is 537 g/mol. The molecule has 38 heavy (non-hydrogen) atoms. The number of ether oxygens (including phenoxy) is 2. The highest BCUT2D eigenvalue weighted by molar-refractivity contribution is 7.13. The number of nitrogens with one attached hydrogen (secondary N) is 1. The summed E-state index contributed by atoms with van der Waals surface area (Å²) in [5.74, 6) is 0.835. The summed E-state index contributed by atoms with van der Waals surface area (Å²) in [7, 11) is 3.43. The Balaban J connectivity index is 1.57. The van der Waals surface area contributed by atoms with Gasteiger partial charge in [0.1, 0.15) is 11.4 Å². The van der Waals surface area contributed by atoms with E-state index in [9.17, 15) is 9.59 Å². The number of aryl methyl sites for hydroxylation is 1. The molecule has 4 heterocycles. The molecule has 0 bridgehead atoms. The second-order valence-electron chi connectivity index (χ2n) is 10.7. The highest BCUT2D eigenvalue weighted by Gasteiger charge is 2.33. The lowest BCUT2D eigenvalue weighted by Gasteiger charge is -2.32. The molecule has 3 aromatic rings. The van der Waals surface area contributed by atoms with Crippen LogP contribution < -0.4 is 10.1 Å². The van der Waals surface area contributed by atoms with Crippen molar-refractivity contribution < 1.29 is 19.1 Å². The number of methoxy groups -OCH3 is 1. The number of imidazole rings is 1. The van der Waals surface area contributed by atoms with Gasteiger partial charge in [-0.2, -0.15) is 0 Å². The summed E-state index contributed by atoms with van der Waals surface area (Å²) in [6.07, 6.45) is 0.723. The second kappa shape index (κ2) is 10.5. The Hall–Kier alpha value is -3.21. The first-order valence-corrected chi connectivity index (χ1v) is 13.8. The first-order chi connectivity index (χ1) is 18.2. The van der Waals surface area contributed by atoms with E-state index in [0.717, 1.165) is 46.9 Å². The van der Waals surface area contributed by atoms with E-state index >= 15 is 0 Å². The van der Waals surface area contributed by atoms with Crippen LogP contribution in [-0.2, 0) is 22.5 Å². The first-order valence-electron chi connectivity index (χ1n) is 12.9. The van der Waals surface area contributed by atoms with Crippen molar-refractivity contribution >= 4 is 28.8 Å². The molecule has 1 fully saturated rings. The number of morpholine rings is 1. The summed E-state index contributed by atoms with van der Waals surface area (Å²) in [4.78, 5) is 36.3. The molecule has 0 aliphatic carbocycles. The topological polar surface area (TPSA) is 88.9 Å². The van der Waals surface area contributed by atoms with Crippen LogP contribution in [0.25, 0.3) is 21.8 Å². The molecule has 0 spiro atoms. The number of anilines is 1. The number of fused-ring (bicyclic) bond motifs is 3. The molecule has 2 aliphatic heterocycles. The molecular weight excluding hydrogens is 502 g/mol. The number of aromatic nitrogens is 2. The lowest BCUT2D eigenvalue weighted by atomic mass is 9.95. The average Bonchev–Trinajstić information content (AvgIpc) is 3.55. The smallest absolute Gasteiger partial charge is 0.290 e. The number of rotatable bonds is 6. The summed E-state index contributed by atoms with van der Waals surface area (Å²) in [6.45, 7) is 9.70. The summed E-state index contributed by atoms with van der Waals surface area (Å²) < 4.78 is 13.1. The molecular formula is C28H35N5O4S. The van der Waals surface area contributed by atoms with Gasteiger partial charge < -0.3 is 24.3 Å². The van der Waals surface area contributed by atoms with Crippen LogP contribution in [0.5, 0.6) is 5.75 Å². The molecule has 2 aliphatic rings. The van der Waals surface area contributed by atoms with Crippen molar-refractivity contribution in [1.82, 2.24) is 19.4 Å². The van der Waals surface area contributed by atoms with Gasteiger partial charge in [-0.1, -0.05) is 6.07 Å². The highest BCUT2D eigenvalue weighted by Crippen LogP contribution is 2.43. The van der Waals surface area contributed by atoms with Gasteiger partial charge in [0.25, 0.3) is 5.91 Å². The van der Waals surface area contributed by atoms with E-state index in [4.69, 9.17) is 14.5 Å². The lowest BCUT2D eigenvalue weighted by molar-refractivity contribution is -0.118. The van der Waals surface area contributed by atoms with Crippen LogP contribution in [-0.4, -0.2) is 83.7 Å². The Morgan fingerprint density at radius 3 is 2.63 bits per heavy atom. The Kier molecular flexibility index (Phi) is 7.30. The molecule has 0 unspecified atom stereocenters. The fraction of sp³-hybridized carbons (Fsp3) is 0.464. The molecule has 1 saturated heterocycles. The molecule has 5 rings (SSSR count). The molecule has 9 nitrogen and oxygen atoms in total. The van der Waals surface area contributed by atoms with Crippen LogP contribution in [0.4, 0.5) is 5.69 Å². The zero-order valence-corrected chi connectivity index (χ0v) is 23.5. The Morgan fingerprint density at radius 2 is 1.97 bits per heavy atom. The van der Waals surface area contributed by atoms with Crippen LogP contribution in [0.15, 0.2) is 29.6 Å². The fourth-order valence-corrected chi connectivity index (χ4v) is 5.56. The van der Waals surface area contributed by atoms with E-state index < -0.39 is 0 Å². The number of thiophene rings is 1. The number of nitrogens with zero attached hydrogens (tertiary/aromatic N) is 4. The third-order valence-corrected chi connectivity index (χ3v) is 8.13. The van der Waals surface area contributed by atoms with Crippen molar-refractivity contribution in [2.75, 3.05) is 52.3 Å². The number of benzene rings is 1. The molecule has 10 heteroatoms. The molecule has 2 amide bonds. The van der Waals surface area contributed by atoms with Crippen molar-refractivity contribution in [3.8, 4) is 27.6 Å². The predicted molar refractivity (Wildman–Crippen MR) is 149 cm³/mol. The summed E-state index contributed by atoms with van der Waals surface area (Å²) >= 11 is 1.59. The SMILES string of the molecule is COc1cc2c(cc1NC(=O)CN1CCOCC1)-c1c(-c3cccs3)nc(C(=O)N(C)C(C)(C)C)n1CC2. The molecule has 2 aromatic heterocycles. The van der Waals surface area contributed by atoms with Crippen LogP contribution in [0.2, 0.25) is 0 Å². The van der Waals surface area contributed by atoms with Crippen molar-refractivity contribution in [1.29, 1.82) is 0 Å². The van der Waals surface area contributed by atoms with Gasteiger partial charge in [-0.15, -0.1) is 11.3 Å². The van der Waals surface area contributed by atoms with Gasteiger partial charge in [-0.05, 0) is 56.3 Å². The summed E-state index contributed by atoms with van der Waals surface area (Å²) in [6, 6.07) is 7.98. The molecule has 1 aromatic carbocycles. The van der Waals surface area contributed by atoms with Gasteiger partial charge in [-0.25, -0.2) is 4.98 Å². The third-order valence-electron chi connectivity index (χ3n) is 7.25. The van der Waals surface area contributed by atoms with E-state index in [2.05, 4.69) is 10.2 Å². The molecule has 202 valence electrons. The fourth-order valence-electron chi connectivity index (χ4n) is 4.85. The van der Waals surface area contributed by atoms with Gasteiger partial charge in [0.15, 0.2) is 5.82 Å². The Bertz CT molecular complexity index is 1340. The van der Waals surface area contributed by atoms with Crippen LogP contribution in [0, 0.1) is 0 Å². The quantitative estimate of drug-likeness (QED) is 0.512. The van der Waals surface area contributed by atoms with Crippen LogP contribution >= 0.6 is 11.3 Å². The predicted octanol–water partition coefficient (Wildman–Crippen LogP) is 3.98. The van der Waals surface area contributed by atoms with Crippen LogP contribution in [0.3, 0.4) is 0 Å². The van der Waals surface area contributed by atoms with Crippen LogP contribution in [0.1, 0.15) is 37.0 Å². The zero-order valence-electron chi connectivity index (χ0n) is 22.7. The Morgan fingerprint density at radius 1 is 1.21 bits per heavy atom.